The van der Waals surface area contributed by atoms with Gasteiger partial charge in [0.15, 0.2) is 6.10 Å². The van der Waals surface area contributed by atoms with Crippen LogP contribution in [0.5, 0.6) is 0 Å². The Morgan fingerprint density at radius 3 is 0.833 bits per heavy atom. The van der Waals surface area contributed by atoms with Crippen molar-refractivity contribution >= 4 is 19.8 Å². The van der Waals surface area contributed by atoms with Crippen LogP contribution < -0.4 is 4.89 Å². The van der Waals surface area contributed by atoms with Gasteiger partial charge < -0.3 is 27.9 Å². The average molecular weight is 1450 g/mol. The lowest BCUT2D eigenvalue weighted by molar-refractivity contribution is -0.870. The number of unbranched alkanes of at least 4 members (excludes halogenated alkanes) is 49. The fourth-order valence-corrected chi connectivity index (χ4v) is 13.4. The van der Waals surface area contributed by atoms with Gasteiger partial charge in [-0.15, -0.1) is 0 Å². The van der Waals surface area contributed by atoms with Crippen LogP contribution in [0.15, 0.2) is 109 Å². The highest BCUT2D eigenvalue weighted by molar-refractivity contribution is 7.45. The van der Waals surface area contributed by atoms with Gasteiger partial charge in [-0.1, -0.05) is 406 Å². The van der Waals surface area contributed by atoms with E-state index in [1.807, 2.05) is 21.1 Å². The summed E-state index contributed by atoms with van der Waals surface area (Å²) in [5.74, 6) is -0.814. The highest BCUT2D eigenvalue weighted by atomic mass is 31.2. The minimum atomic E-state index is -4.65. The zero-order chi connectivity index (χ0) is 74.0. The van der Waals surface area contributed by atoms with E-state index in [0.29, 0.717) is 17.4 Å². The van der Waals surface area contributed by atoms with Gasteiger partial charge in [0, 0.05) is 12.8 Å². The van der Waals surface area contributed by atoms with Crippen LogP contribution in [0, 0.1) is 0 Å². The maximum atomic E-state index is 12.9. The molecule has 2 unspecified atom stereocenters. The molecule has 10 heteroatoms. The molecule has 592 valence electrons. The summed E-state index contributed by atoms with van der Waals surface area (Å²) in [7, 11) is 1.18. The maximum absolute atomic E-state index is 12.9. The Kier molecular flexibility index (Phi) is 79.1. The van der Waals surface area contributed by atoms with Crippen molar-refractivity contribution in [3.8, 4) is 0 Å². The second kappa shape index (κ2) is 81.7. The van der Waals surface area contributed by atoms with E-state index in [9.17, 15) is 19.0 Å². The number of likely N-dealkylation sites (N-methyl/N-ethyl adjacent to an activating group) is 1. The molecule has 0 fully saturated rings. The monoisotopic (exact) mass is 1440 g/mol. The topological polar surface area (TPSA) is 111 Å². The Hall–Kier alpha value is -3.33. The predicted octanol–water partition coefficient (Wildman–Crippen LogP) is 28.9. The Morgan fingerprint density at radius 1 is 0.314 bits per heavy atom. The molecule has 9 nitrogen and oxygen atoms in total. The van der Waals surface area contributed by atoms with E-state index >= 15 is 0 Å². The van der Waals surface area contributed by atoms with Crippen molar-refractivity contribution in [1.29, 1.82) is 0 Å². The van der Waals surface area contributed by atoms with Crippen molar-refractivity contribution in [2.75, 3.05) is 47.5 Å². The molecule has 0 amide bonds. The van der Waals surface area contributed by atoms with Crippen molar-refractivity contribution in [3.05, 3.63) is 109 Å². The van der Waals surface area contributed by atoms with Crippen LogP contribution in [-0.2, 0) is 32.7 Å². The van der Waals surface area contributed by atoms with Crippen LogP contribution in [0.25, 0.3) is 0 Å². The molecule has 0 bridgehead atoms. The Morgan fingerprint density at radius 2 is 0.559 bits per heavy atom. The molecule has 2 atom stereocenters. The van der Waals surface area contributed by atoms with Gasteiger partial charge in [-0.25, -0.2) is 0 Å². The molecule has 0 heterocycles. The molecular formula is C92H166NO8P. The molecule has 0 aliphatic rings. The van der Waals surface area contributed by atoms with Crippen LogP contribution in [0.2, 0.25) is 0 Å². The van der Waals surface area contributed by atoms with E-state index in [1.165, 1.54) is 289 Å². The number of ether oxygens (including phenoxy) is 2. The van der Waals surface area contributed by atoms with Crippen LogP contribution in [0.3, 0.4) is 0 Å². The summed E-state index contributed by atoms with van der Waals surface area (Å²) in [6, 6.07) is 0. The van der Waals surface area contributed by atoms with Crippen LogP contribution in [0.4, 0.5) is 0 Å². The summed E-state index contributed by atoms with van der Waals surface area (Å²) in [5.41, 5.74) is 0. The fraction of sp³-hybridized carbons (Fsp3) is 0.783. The molecule has 0 N–H and O–H groups in total. The molecule has 0 aromatic rings. The minimum absolute atomic E-state index is 0.0309. The van der Waals surface area contributed by atoms with Crippen molar-refractivity contribution in [1.82, 2.24) is 0 Å². The summed E-state index contributed by atoms with van der Waals surface area (Å²) in [6.07, 6.45) is 117. The third-order valence-electron chi connectivity index (χ3n) is 19.3. The summed E-state index contributed by atoms with van der Waals surface area (Å²) in [5, 5.41) is 0. The zero-order valence-corrected chi connectivity index (χ0v) is 68.7. The molecule has 0 aromatic heterocycles. The molecule has 0 rings (SSSR count). The van der Waals surface area contributed by atoms with Crippen molar-refractivity contribution in [2.24, 2.45) is 0 Å². The number of nitrogens with zero attached hydrogens (tertiary/aromatic N) is 1. The third kappa shape index (κ3) is 85.6. The molecular weight excluding hydrogens is 1280 g/mol. The van der Waals surface area contributed by atoms with E-state index in [1.54, 1.807) is 0 Å². The predicted molar refractivity (Wildman–Crippen MR) is 443 cm³/mol. The van der Waals surface area contributed by atoms with E-state index in [2.05, 4.69) is 123 Å². The molecule has 0 aromatic carbocycles. The number of carbonyl (C=O) groups is 2. The lowest BCUT2D eigenvalue weighted by Gasteiger charge is -2.28. The minimum Gasteiger partial charge on any atom is -0.756 e. The van der Waals surface area contributed by atoms with Gasteiger partial charge in [0.05, 0.1) is 27.7 Å². The lowest BCUT2D eigenvalue weighted by Crippen LogP contribution is -2.37. The molecule has 0 aliphatic carbocycles. The van der Waals surface area contributed by atoms with Crippen molar-refractivity contribution in [2.45, 2.75) is 418 Å². The van der Waals surface area contributed by atoms with E-state index in [4.69, 9.17) is 18.5 Å². The molecule has 0 spiro atoms. The lowest BCUT2D eigenvalue weighted by atomic mass is 10.0. The number of carbonyl (C=O) groups excluding carboxylic acids is 2. The van der Waals surface area contributed by atoms with Crippen LogP contribution in [-0.4, -0.2) is 70.0 Å². The first-order valence-corrected chi connectivity index (χ1v) is 45.1. The Bertz CT molecular complexity index is 2100. The molecule has 0 radical (unpaired) electrons. The number of allylic oxidation sites excluding steroid dienone is 18. The summed E-state index contributed by atoms with van der Waals surface area (Å²) in [6.45, 7) is 4.17. The van der Waals surface area contributed by atoms with Crippen LogP contribution in [0.1, 0.15) is 412 Å². The maximum Gasteiger partial charge on any atom is 0.306 e. The van der Waals surface area contributed by atoms with Gasteiger partial charge in [-0.2, -0.15) is 0 Å². The van der Waals surface area contributed by atoms with Crippen molar-refractivity contribution < 1.29 is 42.1 Å². The first-order valence-electron chi connectivity index (χ1n) is 43.6. The normalized spacial score (nSPS) is 13.5. The van der Waals surface area contributed by atoms with Gasteiger partial charge in [0.25, 0.3) is 7.82 Å². The summed E-state index contributed by atoms with van der Waals surface area (Å²) in [4.78, 5) is 38.3. The summed E-state index contributed by atoms with van der Waals surface area (Å²) < 4.78 is 34.5. The average Bonchev–Trinajstić information content (AvgIpc) is 0.913. The number of phosphoric acid groups is 1. The highest BCUT2D eigenvalue weighted by Crippen LogP contribution is 2.38. The first-order chi connectivity index (χ1) is 50.0. The van der Waals surface area contributed by atoms with Gasteiger partial charge in [0.1, 0.15) is 19.8 Å². The third-order valence-corrected chi connectivity index (χ3v) is 20.2. The largest absolute Gasteiger partial charge is 0.756 e. The van der Waals surface area contributed by atoms with E-state index in [-0.39, 0.29) is 32.0 Å². The number of hydrogen-bond acceptors (Lipinski definition) is 8. The molecule has 0 saturated heterocycles. The van der Waals surface area contributed by atoms with E-state index in [0.717, 1.165) is 89.9 Å². The molecule has 0 saturated carbocycles. The second-order valence-electron chi connectivity index (χ2n) is 30.5. The summed E-state index contributed by atoms with van der Waals surface area (Å²) >= 11 is 0. The second-order valence-corrected chi connectivity index (χ2v) is 31.9. The molecule has 102 heavy (non-hydrogen) atoms. The SMILES string of the molecule is CC/C=C\C/C=C\C/C=C\C/C=C\C/C=C\C/C=C\CCCCCCCCCCCCCCCCCCCCC(=O)OC(COC(=O)CCCCCCCCCCCCCCCCCCCCCCCCCCCC/C=C\C/C=C\C/C=C\CCCCCCC)COP(=O)([O-])OCC[N+](C)(C)C. The van der Waals surface area contributed by atoms with Crippen molar-refractivity contribution in [3.63, 3.8) is 0 Å². The quantitative estimate of drug-likeness (QED) is 0.0195. The Labute approximate surface area is 633 Å². The fourth-order valence-electron chi connectivity index (χ4n) is 12.7. The Balaban J connectivity index is 3.89. The number of rotatable bonds is 81. The number of phosphoric ester groups is 1. The zero-order valence-electron chi connectivity index (χ0n) is 67.8. The number of hydrogen-bond donors (Lipinski definition) is 0. The van der Waals surface area contributed by atoms with Gasteiger partial charge in [-0.05, 0) is 103 Å². The van der Waals surface area contributed by atoms with Gasteiger partial charge in [0.2, 0.25) is 0 Å². The van der Waals surface area contributed by atoms with Crippen LogP contribution >= 0.6 is 7.82 Å². The number of quaternary nitrogens is 1. The highest BCUT2D eigenvalue weighted by Gasteiger charge is 2.22. The van der Waals surface area contributed by atoms with E-state index < -0.39 is 26.5 Å². The first kappa shape index (κ1) is 98.7. The molecule has 0 aliphatic heterocycles. The van der Waals surface area contributed by atoms with Gasteiger partial charge >= 0.3 is 11.9 Å². The number of esters is 2. The van der Waals surface area contributed by atoms with Gasteiger partial charge in [-0.3, -0.25) is 14.2 Å². The standard InChI is InChI=1S/C92H166NO8P/c1-6-8-10-12-14-16-18-20-22-24-26-28-30-32-34-36-38-40-42-44-45-46-47-49-50-52-54-56-58-60-62-64-66-68-70-72-74-76-78-80-82-84-91(94)98-88-90(89-100-102(96,97)99-87-86-93(3,4)5)101-92(95)85-83-81-79-77-75-73-71-69-67-65-63-61-59-57-55-53-51-48-43-41-39-37-35-33-31-29-27-25-23-21-19-17-15-13-11-9-7-2/h9,11,15,17-18,20-21,23-24,26-27,29-30,32-33,35,39,41,90H,6-8,10,12-14,16,19,22,25,28,31,34,36-38,40,42-89H2,1-5H3/b11-9-,17-15-,20-18-,23-21-,26-24-,29-27-,32-30-,35-33-,41-39-. The smallest absolute Gasteiger partial charge is 0.306 e.